The number of carbonyl (C=O) groups is 1. The summed E-state index contributed by atoms with van der Waals surface area (Å²) in [5.74, 6) is -0.212. The van der Waals surface area contributed by atoms with Gasteiger partial charge in [-0.05, 0) is 29.8 Å². The number of phenols is 1. The van der Waals surface area contributed by atoms with Crippen LogP contribution in [0.1, 0.15) is 28.2 Å². The minimum absolute atomic E-state index is 0.0261. The summed E-state index contributed by atoms with van der Waals surface area (Å²) < 4.78 is 16.3. The van der Waals surface area contributed by atoms with E-state index in [1.807, 2.05) is 24.3 Å². The van der Waals surface area contributed by atoms with Crippen LogP contribution in [0.5, 0.6) is 17.2 Å². The lowest BCUT2D eigenvalue weighted by Gasteiger charge is -2.28. The first-order chi connectivity index (χ1) is 15.5. The van der Waals surface area contributed by atoms with Crippen LogP contribution < -0.4 is 15.2 Å². The molecule has 0 aliphatic carbocycles. The van der Waals surface area contributed by atoms with Gasteiger partial charge in [-0.1, -0.05) is 36.4 Å². The molecule has 7 heteroatoms. The van der Waals surface area contributed by atoms with Crippen LogP contribution in [0.4, 0.5) is 0 Å². The zero-order valence-corrected chi connectivity index (χ0v) is 17.2. The molecule has 7 nitrogen and oxygen atoms in total. The number of nitrogens with two attached hydrogens (primary N) is 1. The zero-order chi connectivity index (χ0) is 22.7. The van der Waals surface area contributed by atoms with Gasteiger partial charge in [-0.2, -0.15) is 5.26 Å². The second-order valence-electron chi connectivity index (χ2n) is 7.15. The number of nitriles is 1. The highest BCUT2D eigenvalue weighted by Gasteiger charge is 2.35. The molecule has 32 heavy (non-hydrogen) atoms. The molecule has 0 saturated heterocycles. The first-order valence-corrected chi connectivity index (χ1v) is 9.81. The minimum atomic E-state index is -0.598. The maximum absolute atomic E-state index is 12.5. The Kier molecular flexibility index (Phi) is 5.69. The Hall–Kier alpha value is -4.44. The van der Waals surface area contributed by atoms with Crippen LogP contribution in [0.3, 0.4) is 0 Å². The quantitative estimate of drug-likeness (QED) is 0.595. The fraction of sp³-hybridized carbons (Fsp3) is 0.120. The average molecular weight is 428 g/mol. The molecule has 1 atom stereocenters. The topological polar surface area (TPSA) is 115 Å². The Bertz CT molecular complexity index is 1240. The monoisotopic (exact) mass is 428 g/mol. The summed E-state index contributed by atoms with van der Waals surface area (Å²) in [5.41, 5.74) is 9.03. The summed E-state index contributed by atoms with van der Waals surface area (Å²) in [6.45, 7) is 0.253. The van der Waals surface area contributed by atoms with Crippen molar-refractivity contribution in [2.24, 2.45) is 5.73 Å². The number of ether oxygens (including phenoxy) is 3. The highest BCUT2D eigenvalue weighted by Crippen LogP contribution is 2.44. The molecule has 0 fully saturated rings. The van der Waals surface area contributed by atoms with E-state index in [0.29, 0.717) is 22.6 Å². The van der Waals surface area contributed by atoms with Crippen molar-refractivity contribution >= 4 is 5.97 Å². The Morgan fingerprint density at radius 2 is 1.91 bits per heavy atom. The Balaban J connectivity index is 1.64. The van der Waals surface area contributed by atoms with Crippen molar-refractivity contribution in [1.82, 2.24) is 0 Å². The molecule has 0 aromatic heterocycles. The normalized spacial score (nSPS) is 14.7. The molecule has 0 saturated carbocycles. The zero-order valence-electron chi connectivity index (χ0n) is 17.2. The number of hydrogen-bond donors (Lipinski definition) is 2. The van der Waals surface area contributed by atoms with Crippen molar-refractivity contribution in [3.63, 3.8) is 0 Å². The molecule has 0 amide bonds. The highest BCUT2D eigenvalue weighted by molar-refractivity contribution is 5.92. The van der Waals surface area contributed by atoms with Crippen molar-refractivity contribution in [2.75, 3.05) is 7.11 Å². The molecular formula is C25H20N2O5. The van der Waals surface area contributed by atoms with E-state index in [-0.39, 0.29) is 23.8 Å². The predicted octanol–water partition coefficient (Wildman–Crippen LogP) is 3.71. The van der Waals surface area contributed by atoms with E-state index in [2.05, 4.69) is 6.07 Å². The first-order valence-electron chi connectivity index (χ1n) is 9.81. The molecule has 4 rings (SSSR count). The molecule has 1 unspecified atom stereocenters. The van der Waals surface area contributed by atoms with E-state index in [9.17, 15) is 15.2 Å². The van der Waals surface area contributed by atoms with E-state index in [0.717, 1.165) is 11.1 Å². The van der Waals surface area contributed by atoms with Gasteiger partial charge in [0.25, 0.3) is 0 Å². The molecule has 1 aliphatic heterocycles. The van der Waals surface area contributed by atoms with Crippen LogP contribution in [0.25, 0.3) is 0 Å². The Morgan fingerprint density at radius 1 is 1.16 bits per heavy atom. The lowest BCUT2D eigenvalue weighted by molar-refractivity contribution is -0.136. The molecule has 0 spiro atoms. The summed E-state index contributed by atoms with van der Waals surface area (Å²) in [6.07, 6.45) is 0. The van der Waals surface area contributed by atoms with Crippen LogP contribution in [0, 0.1) is 11.3 Å². The number of hydrogen-bond acceptors (Lipinski definition) is 7. The Morgan fingerprint density at radius 3 is 2.62 bits per heavy atom. The maximum atomic E-state index is 12.5. The fourth-order valence-electron chi connectivity index (χ4n) is 3.67. The van der Waals surface area contributed by atoms with Crippen molar-refractivity contribution in [3.8, 4) is 23.3 Å². The third-order valence-corrected chi connectivity index (χ3v) is 5.23. The number of methoxy groups -OCH3 is 1. The number of aromatic hydroxyl groups is 1. The largest absolute Gasteiger partial charge is 0.508 e. The van der Waals surface area contributed by atoms with E-state index < -0.39 is 11.9 Å². The van der Waals surface area contributed by atoms with E-state index >= 15 is 0 Å². The highest BCUT2D eigenvalue weighted by atomic mass is 16.5. The molecule has 1 heterocycles. The van der Waals surface area contributed by atoms with Crippen LogP contribution in [0.15, 0.2) is 78.2 Å². The van der Waals surface area contributed by atoms with Crippen molar-refractivity contribution in [3.05, 3.63) is 100 Å². The molecule has 0 bridgehead atoms. The fourth-order valence-corrected chi connectivity index (χ4v) is 3.67. The average Bonchev–Trinajstić information content (AvgIpc) is 2.81. The third kappa shape index (κ3) is 3.94. The van der Waals surface area contributed by atoms with Gasteiger partial charge < -0.3 is 25.1 Å². The van der Waals surface area contributed by atoms with Crippen molar-refractivity contribution < 1.29 is 24.1 Å². The lowest BCUT2D eigenvalue weighted by Crippen LogP contribution is -2.26. The molecule has 3 aromatic carbocycles. The Labute approximate surface area is 184 Å². The predicted molar refractivity (Wildman–Crippen MR) is 116 cm³/mol. The number of fused-ring (bicyclic) bond motifs is 1. The number of nitrogens with zero attached hydrogens (tertiary/aromatic N) is 1. The van der Waals surface area contributed by atoms with Crippen molar-refractivity contribution in [1.29, 1.82) is 5.26 Å². The summed E-state index contributed by atoms with van der Waals surface area (Å²) in [5, 5.41) is 19.0. The summed E-state index contributed by atoms with van der Waals surface area (Å²) in [7, 11) is 1.28. The van der Waals surface area contributed by atoms with Gasteiger partial charge in [-0.3, -0.25) is 0 Å². The van der Waals surface area contributed by atoms with E-state index in [4.69, 9.17) is 19.9 Å². The number of esters is 1. The first kappa shape index (κ1) is 20.8. The van der Waals surface area contributed by atoms with Gasteiger partial charge in [-0.15, -0.1) is 0 Å². The van der Waals surface area contributed by atoms with E-state index in [1.165, 1.54) is 19.2 Å². The lowest BCUT2D eigenvalue weighted by atomic mass is 9.83. The van der Waals surface area contributed by atoms with Gasteiger partial charge in [0, 0.05) is 17.2 Å². The number of benzene rings is 3. The SMILES string of the molecule is COC(=O)C1=C(N)Oc2cc(O)ccc2C1c1ccc(OCc2ccccc2C#N)cc1. The standard InChI is InChI=1S/C25H20N2O5/c1-30-25(29)23-22(20-11-8-18(28)12-21(20)32-24(23)27)15-6-9-19(10-7-15)31-14-17-5-3-2-4-16(17)13-26/h2-12,22,28H,14,27H2,1H3. The minimum Gasteiger partial charge on any atom is -0.508 e. The van der Waals surface area contributed by atoms with Crippen LogP contribution >= 0.6 is 0 Å². The van der Waals surface area contributed by atoms with Crippen LogP contribution in [-0.2, 0) is 16.1 Å². The molecule has 0 radical (unpaired) electrons. The second kappa shape index (κ2) is 8.74. The van der Waals surface area contributed by atoms with Gasteiger partial charge in [0.1, 0.15) is 29.4 Å². The maximum Gasteiger partial charge on any atom is 0.340 e. The number of rotatable bonds is 5. The van der Waals surface area contributed by atoms with Gasteiger partial charge in [0.2, 0.25) is 5.88 Å². The van der Waals surface area contributed by atoms with Gasteiger partial charge in [0.05, 0.1) is 24.7 Å². The number of carbonyl (C=O) groups excluding carboxylic acids is 1. The van der Waals surface area contributed by atoms with Gasteiger partial charge >= 0.3 is 5.97 Å². The van der Waals surface area contributed by atoms with Crippen LogP contribution in [0.2, 0.25) is 0 Å². The summed E-state index contributed by atoms with van der Waals surface area (Å²) in [6, 6.07) is 21.3. The van der Waals surface area contributed by atoms with E-state index in [1.54, 1.807) is 30.3 Å². The van der Waals surface area contributed by atoms with Crippen LogP contribution in [-0.4, -0.2) is 18.2 Å². The second-order valence-corrected chi connectivity index (χ2v) is 7.15. The summed E-state index contributed by atoms with van der Waals surface area (Å²) in [4.78, 5) is 12.5. The van der Waals surface area contributed by atoms with Gasteiger partial charge in [0.15, 0.2) is 0 Å². The number of phenolic OH excluding ortho intramolecular Hbond substituents is 1. The summed E-state index contributed by atoms with van der Waals surface area (Å²) >= 11 is 0. The molecule has 160 valence electrons. The molecule has 3 aromatic rings. The molecule has 1 aliphatic rings. The molecule has 3 N–H and O–H groups in total. The smallest absolute Gasteiger partial charge is 0.340 e. The molecular weight excluding hydrogens is 408 g/mol. The van der Waals surface area contributed by atoms with Gasteiger partial charge in [-0.25, -0.2) is 4.79 Å². The van der Waals surface area contributed by atoms with Crippen molar-refractivity contribution in [2.45, 2.75) is 12.5 Å². The third-order valence-electron chi connectivity index (χ3n) is 5.23.